The molecule has 0 saturated carbocycles. The van der Waals surface area contributed by atoms with E-state index >= 15 is 0 Å². The quantitative estimate of drug-likeness (QED) is 0.316. The lowest BCUT2D eigenvalue weighted by Gasteiger charge is -2.37. The summed E-state index contributed by atoms with van der Waals surface area (Å²) in [4.78, 5) is 8.89. The number of phenols is 1. The molecule has 1 fully saturated rings. The van der Waals surface area contributed by atoms with Crippen LogP contribution in [0.3, 0.4) is 0 Å². The van der Waals surface area contributed by atoms with E-state index in [1.54, 1.807) is 13.1 Å². The Balaban J connectivity index is 0.00000256. The van der Waals surface area contributed by atoms with Gasteiger partial charge in [0.05, 0.1) is 23.6 Å². The van der Waals surface area contributed by atoms with E-state index in [4.69, 9.17) is 0 Å². The lowest BCUT2D eigenvalue weighted by molar-refractivity contribution is 0.369. The highest BCUT2D eigenvalue weighted by molar-refractivity contribution is 14.0. The summed E-state index contributed by atoms with van der Waals surface area (Å²) in [6.45, 7) is 3.97. The molecule has 7 nitrogen and oxygen atoms in total. The summed E-state index contributed by atoms with van der Waals surface area (Å²) in [6.07, 6.45) is 1.97. The molecule has 0 unspecified atom stereocenters. The largest absolute Gasteiger partial charge is 0.506 e. The molecule has 30 heavy (non-hydrogen) atoms. The van der Waals surface area contributed by atoms with Crippen molar-refractivity contribution >= 4 is 35.6 Å². The maximum atomic E-state index is 10.1. The minimum Gasteiger partial charge on any atom is -0.506 e. The smallest absolute Gasteiger partial charge is 0.194 e. The van der Waals surface area contributed by atoms with Crippen LogP contribution in [0.25, 0.3) is 5.69 Å². The van der Waals surface area contributed by atoms with E-state index in [1.165, 1.54) is 0 Å². The molecule has 0 bridgehead atoms. The number of aliphatic imine (C=N–C) groups is 1. The highest BCUT2D eigenvalue weighted by Crippen LogP contribution is 2.27. The number of rotatable bonds is 4. The number of halogens is 1. The Morgan fingerprint density at radius 1 is 1.00 bits per heavy atom. The summed E-state index contributed by atoms with van der Waals surface area (Å²) in [5.41, 5.74) is 2.90. The summed E-state index contributed by atoms with van der Waals surface area (Å²) in [6, 6.07) is 19.6. The summed E-state index contributed by atoms with van der Waals surface area (Å²) in [5.74, 6) is 1.20. The molecule has 1 aliphatic heterocycles. The van der Waals surface area contributed by atoms with Gasteiger partial charge >= 0.3 is 0 Å². The summed E-state index contributed by atoms with van der Waals surface area (Å²) in [7, 11) is 1.81. The maximum Gasteiger partial charge on any atom is 0.194 e. The number of benzene rings is 2. The monoisotopic (exact) mass is 518 g/mol. The van der Waals surface area contributed by atoms with Crippen molar-refractivity contribution in [3.05, 3.63) is 72.6 Å². The van der Waals surface area contributed by atoms with Crippen LogP contribution in [0.2, 0.25) is 0 Å². The SMILES string of the molecule is CN=C(NCc1ccn(-c2ccccc2)n1)N1CCN(c2ccccc2O)CC1.I. The average Bonchev–Trinajstić information content (AvgIpc) is 3.25. The van der Waals surface area contributed by atoms with Crippen molar-refractivity contribution in [1.82, 2.24) is 20.0 Å². The number of anilines is 1. The van der Waals surface area contributed by atoms with Crippen LogP contribution in [0.1, 0.15) is 5.69 Å². The molecule has 0 spiro atoms. The number of aromatic nitrogens is 2. The Hall–Kier alpha value is -2.75. The standard InChI is InChI=1S/C22H26N6O.HI/c1-23-22(24-17-18-11-12-28(25-18)19-7-3-2-4-8-19)27-15-13-26(14-16-27)20-9-5-6-10-21(20)29;/h2-12,29H,13-17H2,1H3,(H,23,24);1H. The highest BCUT2D eigenvalue weighted by atomic mass is 127. The average molecular weight is 518 g/mol. The second kappa shape index (κ2) is 10.3. The Bertz CT molecular complexity index is 967. The van der Waals surface area contributed by atoms with E-state index in [-0.39, 0.29) is 24.0 Å². The van der Waals surface area contributed by atoms with Crippen LogP contribution < -0.4 is 10.2 Å². The Kier molecular flexibility index (Phi) is 7.56. The zero-order valence-corrected chi connectivity index (χ0v) is 19.3. The topological polar surface area (TPSA) is 68.9 Å². The molecule has 158 valence electrons. The van der Waals surface area contributed by atoms with Gasteiger partial charge in [-0.2, -0.15) is 5.10 Å². The Morgan fingerprint density at radius 2 is 1.70 bits per heavy atom. The van der Waals surface area contributed by atoms with Crippen LogP contribution in [0.5, 0.6) is 5.75 Å². The van der Waals surface area contributed by atoms with Crippen molar-refractivity contribution in [2.24, 2.45) is 4.99 Å². The van der Waals surface area contributed by atoms with Crippen LogP contribution in [-0.2, 0) is 6.54 Å². The molecule has 0 amide bonds. The summed E-state index contributed by atoms with van der Waals surface area (Å²) >= 11 is 0. The molecule has 4 rings (SSSR count). The first-order valence-electron chi connectivity index (χ1n) is 9.83. The number of guanidine groups is 1. The van der Waals surface area contributed by atoms with Crippen LogP contribution in [0.15, 0.2) is 71.9 Å². The van der Waals surface area contributed by atoms with Crippen molar-refractivity contribution in [3.8, 4) is 11.4 Å². The van der Waals surface area contributed by atoms with Gasteiger partial charge in [-0.15, -0.1) is 24.0 Å². The first kappa shape index (κ1) is 21.9. The van der Waals surface area contributed by atoms with Crippen molar-refractivity contribution < 1.29 is 5.11 Å². The molecule has 1 aliphatic rings. The number of aromatic hydroxyl groups is 1. The molecule has 8 heteroatoms. The fraction of sp³-hybridized carbons (Fsp3) is 0.273. The highest BCUT2D eigenvalue weighted by Gasteiger charge is 2.21. The first-order valence-corrected chi connectivity index (χ1v) is 9.83. The van der Waals surface area contributed by atoms with Gasteiger partial charge in [-0.05, 0) is 30.3 Å². The van der Waals surface area contributed by atoms with Gasteiger partial charge in [0.1, 0.15) is 5.75 Å². The third kappa shape index (κ3) is 5.05. The maximum absolute atomic E-state index is 10.1. The van der Waals surface area contributed by atoms with Crippen LogP contribution in [0.4, 0.5) is 5.69 Å². The number of nitrogens with one attached hydrogen (secondary N) is 1. The van der Waals surface area contributed by atoms with Crippen molar-refractivity contribution in [1.29, 1.82) is 0 Å². The molecule has 3 aromatic rings. The summed E-state index contributed by atoms with van der Waals surface area (Å²) in [5, 5.41) is 18.1. The molecule has 1 saturated heterocycles. The predicted octanol–water partition coefficient (Wildman–Crippen LogP) is 3.09. The third-order valence-electron chi connectivity index (χ3n) is 5.11. The van der Waals surface area contributed by atoms with Gasteiger partial charge in [-0.1, -0.05) is 30.3 Å². The normalized spacial score (nSPS) is 14.4. The van der Waals surface area contributed by atoms with Crippen molar-refractivity contribution in [2.75, 3.05) is 38.1 Å². The predicted molar refractivity (Wildman–Crippen MR) is 131 cm³/mol. The molecular weight excluding hydrogens is 491 g/mol. The number of hydrogen-bond donors (Lipinski definition) is 2. The van der Waals surface area contributed by atoms with E-state index in [2.05, 4.69) is 25.2 Å². The van der Waals surface area contributed by atoms with Gasteiger partial charge in [0.2, 0.25) is 0 Å². The lowest BCUT2D eigenvalue weighted by Crippen LogP contribution is -2.52. The number of phenolic OH excluding ortho intramolecular Hbond substituents is 1. The van der Waals surface area contributed by atoms with E-state index in [0.29, 0.717) is 12.3 Å². The Labute approximate surface area is 194 Å². The fourth-order valence-corrected chi connectivity index (χ4v) is 3.57. The van der Waals surface area contributed by atoms with E-state index in [9.17, 15) is 5.11 Å². The molecule has 0 radical (unpaired) electrons. The molecule has 0 atom stereocenters. The number of nitrogens with zero attached hydrogens (tertiary/aromatic N) is 5. The molecule has 0 aliphatic carbocycles. The van der Waals surface area contributed by atoms with Gasteiger partial charge in [0.25, 0.3) is 0 Å². The molecule has 1 aromatic heterocycles. The second-order valence-electron chi connectivity index (χ2n) is 6.95. The fourth-order valence-electron chi connectivity index (χ4n) is 3.57. The minimum atomic E-state index is 0. The second-order valence-corrected chi connectivity index (χ2v) is 6.95. The van der Waals surface area contributed by atoms with Crippen LogP contribution >= 0.6 is 24.0 Å². The first-order chi connectivity index (χ1) is 14.2. The van der Waals surface area contributed by atoms with Crippen molar-refractivity contribution in [3.63, 3.8) is 0 Å². The molecule has 2 N–H and O–H groups in total. The van der Waals surface area contributed by atoms with Gasteiger partial charge < -0.3 is 20.2 Å². The van der Waals surface area contributed by atoms with E-state index < -0.39 is 0 Å². The zero-order chi connectivity index (χ0) is 20.1. The Morgan fingerprint density at radius 3 is 2.40 bits per heavy atom. The van der Waals surface area contributed by atoms with Gasteiger partial charge in [-0.25, -0.2) is 4.68 Å². The van der Waals surface area contributed by atoms with Gasteiger partial charge in [0, 0.05) is 39.4 Å². The van der Waals surface area contributed by atoms with Crippen LogP contribution in [-0.4, -0.2) is 59.0 Å². The molecule has 2 aromatic carbocycles. The third-order valence-corrected chi connectivity index (χ3v) is 5.11. The lowest BCUT2D eigenvalue weighted by atomic mass is 10.2. The minimum absolute atomic E-state index is 0. The van der Waals surface area contributed by atoms with E-state index in [0.717, 1.165) is 49.2 Å². The number of hydrogen-bond acceptors (Lipinski definition) is 4. The number of piperazine rings is 1. The molecular formula is C22H27IN6O. The zero-order valence-electron chi connectivity index (χ0n) is 17.0. The molecule has 2 heterocycles. The summed E-state index contributed by atoms with van der Waals surface area (Å²) < 4.78 is 1.88. The van der Waals surface area contributed by atoms with E-state index in [1.807, 2.05) is 65.5 Å². The van der Waals surface area contributed by atoms with Gasteiger partial charge in [0.15, 0.2) is 5.96 Å². The van der Waals surface area contributed by atoms with Gasteiger partial charge in [-0.3, -0.25) is 4.99 Å². The number of para-hydroxylation sites is 3. The van der Waals surface area contributed by atoms with Crippen molar-refractivity contribution in [2.45, 2.75) is 6.54 Å². The van der Waals surface area contributed by atoms with Crippen LogP contribution in [0, 0.1) is 0 Å².